The Labute approximate surface area is 155 Å². The molecule has 7 heteroatoms. The van der Waals surface area contributed by atoms with Crippen molar-refractivity contribution in [1.29, 1.82) is 0 Å². The van der Waals surface area contributed by atoms with Crippen LogP contribution >= 0.6 is 0 Å². The van der Waals surface area contributed by atoms with E-state index in [9.17, 15) is 14.4 Å². The van der Waals surface area contributed by atoms with Crippen molar-refractivity contribution in [3.05, 3.63) is 77.1 Å². The van der Waals surface area contributed by atoms with Crippen molar-refractivity contribution in [3.8, 4) is 11.4 Å². The predicted octanol–water partition coefficient (Wildman–Crippen LogP) is 2.53. The van der Waals surface area contributed by atoms with Crippen LogP contribution in [-0.4, -0.2) is 26.1 Å². The second-order valence-electron chi connectivity index (χ2n) is 6.70. The van der Waals surface area contributed by atoms with Crippen molar-refractivity contribution in [1.82, 2.24) is 20.4 Å². The highest BCUT2D eigenvalue weighted by Gasteiger charge is 2.47. The molecule has 27 heavy (non-hydrogen) atoms. The van der Waals surface area contributed by atoms with E-state index in [1.54, 1.807) is 49.2 Å². The fourth-order valence-corrected chi connectivity index (χ4v) is 3.76. The van der Waals surface area contributed by atoms with Crippen LogP contribution in [0.2, 0.25) is 0 Å². The summed E-state index contributed by atoms with van der Waals surface area (Å²) in [4.78, 5) is 25.7. The summed E-state index contributed by atoms with van der Waals surface area (Å²) in [5, 5.41) is 9.36. The minimum Gasteiger partial charge on any atom is -0.289 e. The van der Waals surface area contributed by atoms with E-state index in [-0.39, 0.29) is 12.8 Å². The molecule has 0 bridgehead atoms. The summed E-state index contributed by atoms with van der Waals surface area (Å²) in [5.41, 5.74) is 3.82. The molecule has 0 saturated carbocycles. The average molecular weight is 364 g/mol. The number of benzene rings is 1. The molecule has 1 atom stereocenters. The molecule has 1 aromatic carbocycles. The lowest BCUT2D eigenvalue weighted by molar-refractivity contribution is -0.135. The molecule has 0 spiro atoms. The van der Waals surface area contributed by atoms with Gasteiger partial charge < -0.3 is 0 Å². The van der Waals surface area contributed by atoms with Crippen molar-refractivity contribution in [2.45, 2.75) is 25.2 Å². The van der Waals surface area contributed by atoms with Gasteiger partial charge in [0.05, 0.1) is 5.41 Å². The molecule has 0 aliphatic heterocycles. The highest BCUT2D eigenvalue weighted by molar-refractivity contribution is 5.89. The summed E-state index contributed by atoms with van der Waals surface area (Å²) in [6, 6.07) is 8.29. The molecule has 1 aliphatic rings. The molecular formula is C20H17FN4O2. The van der Waals surface area contributed by atoms with Gasteiger partial charge in [-0.15, -0.1) is 0 Å². The van der Waals surface area contributed by atoms with Gasteiger partial charge in [-0.05, 0) is 48.2 Å². The number of hydrogen-bond donors (Lipinski definition) is 2. The van der Waals surface area contributed by atoms with Gasteiger partial charge in [0.1, 0.15) is 5.82 Å². The molecule has 4 rings (SSSR count). The van der Waals surface area contributed by atoms with Crippen LogP contribution in [0.4, 0.5) is 4.39 Å². The van der Waals surface area contributed by atoms with Crippen molar-refractivity contribution in [2.75, 3.05) is 0 Å². The zero-order valence-corrected chi connectivity index (χ0v) is 14.6. The Morgan fingerprint density at radius 3 is 2.81 bits per heavy atom. The number of amides is 1. The second-order valence-corrected chi connectivity index (χ2v) is 6.70. The summed E-state index contributed by atoms with van der Waals surface area (Å²) in [5.74, 6) is -0.467. The topological polar surface area (TPSA) is 88.0 Å². The molecule has 1 amide bonds. The van der Waals surface area contributed by atoms with Gasteiger partial charge in [-0.25, -0.2) is 19.8 Å². The number of nitrogens with one attached hydrogen (secondary N) is 1. The normalized spacial score (nSPS) is 18.2. The second kappa shape index (κ2) is 6.51. The minimum absolute atomic E-state index is 0.245. The molecule has 2 aromatic heterocycles. The summed E-state index contributed by atoms with van der Waals surface area (Å²) in [6.45, 7) is 1.63. The third-order valence-corrected chi connectivity index (χ3v) is 5.15. The molecule has 0 saturated heterocycles. The van der Waals surface area contributed by atoms with Crippen LogP contribution in [0.25, 0.3) is 11.4 Å². The van der Waals surface area contributed by atoms with Crippen molar-refractivity contribution >= 4 is 5.91 Å². The Morgan fingerprint density at radius 2 is 2.07 bits per heavy atom. The van der Waals surface area contributed by atoms with Crippen molar-refractivity contribution < 1.29 is 14.4 Å². The molecular weight excluding hydrogens is 347 g/mol. The van der Waals surface area contributed by atoms with E-state index in [1.807, 2.05) is 6.07 Å². The average Bonchev–Trinajstić information content (AvgIpc) is 3.09. The largest absolute Gasteiger partial charge is 0.289 e. The number of carbonyl (C=O) groups is 1. The van der Waals surface area contributed by atoms with Crippen LogP contribution in [0.1, 0.15) is 22.4 Å². The number of fused-ring (bicyclic) bond motifs is 1. The summed E-state index contributed by atoms with van der Waals surface area (Å²) in [7, 11) is 0. The van der Waals surface area contributed by atoms with Crippen LogP contribution in [0.15, 0.2) is 48.9 Å². The van der Waals surface area contributed by atoms with Gasteiger partial charge >= 0.3 is 0 Å². The molecule has 0 fully saturated rings. The van der Waals surface area contributed by atoms with Crippen LogP contribution < -0.4 is 5.48 Å². The van der Waals surface area contributed by atoms with Gasteiger partial charge in [0.15, 0.2) is 5.82 Å². The number of nitrogens with zero attached hydrogens (tertiary/aromatic N) is 3. The van der Waals surface area contributed by atoms with Crippen molar-refractivity contribution in [3.63, 3.8) is 0 Å². The van der Waals surface area contributed by atoms with E-state index >= 15 is 0 Å². The zero-order chi connectivity index (χ0) is 19.0. The maximum absolute atomic E-state index is 14.2. The third kappa shape index (κ3) is 2.76. The summed E-state index contributed by atoms with van der Waals surface area (Å²) < 4.78 is 14.2. The quantitative estimate of drug-likeness (QED) is 0.551. The predicted molar refractivity (Wildman–Crippen MR) is 95.4 cm³/mol. The van der Waals surface area contributed by atoms with Crippen LogP contribution in [0, 0.1) is 12.7 Å². The zero-order valence-electron chi connectivity index (χ0n) is 14.6. The molecule has 136 valence electrons. The maximum Gasteiger partial charge on any atom is 0.254 e. The molecule has 2 heterocycles. The molecule has 1 aliphatic carbocycles. The van der Waals surface area contributed by atoms with Crippen LogP contribution in [-0.2, 0) is 23.1 Å². The van der Waals surface area contributed by atoms with Crippen LogP contribution in [0.3, 0.4) is 0 Å². The number of aromatic nitrogens is 3. The van der Waals surface area contributed by atoms with Gasteiger partial charge in [0.2, 0.25) is 0 Å². The van der Waals surface area contributed by atoms with Gasteiger partial charge in [-0.1, -0.05) is 12.1 Å². The van der Waals surface area contributed by atoms with E-state index in [4.69, 9.17) is 0 Å². The van der Waals surface area contributed by atoms with Gasteiger partial charge in [0.25, 0.3) is 5.91 Å². The highest BCUT2D eigenvalue weighted by Crippen LogP contribution is 2.41. The van der Waals surface area contributed by atoms with E-state index in [1.165, 1.54) is 6.07 Å². The van der Waals surface area contributed by atoms with E-state index in [0.717, 1.165) is 11.1 Å². The minimum atomic E-state index is -1.13. The van der Waals surface area contributed by atoms with E-state index < -0.39 is 17.1 Å². The Kier molecular flexibility index (Phi) is 4.16. The first-order valence-electron chi connectivity index (χ1n) is 8.50. The highest BCUT2D eigenvalue weighted by atomic mass is 19.1. The Hall–Kier alpha value is -3.19. The van der Waals surface area contributed by atoms with Gasteiger partial charge in [0, 0.05) is 36.3 Å². The van der Waals surface area contributed by atoms with Crippen molar-refractivity contribution in [2.24, 2.45) is 0 Å². The van der Waals surface area contributed by atoms with Gasteiger partial charge in [-0.3, -0.25) is 15.0 Å². The number of halogens is 1. The van der Waals surface area contributed by atoms with E-state index in [2.05, 4.69) is 15.0 Å². The van der Waals surface area contributed by atoms with E-state index in [0.29, 0.717) is 22.6 Å². The molecule has 2 N–H and O–H groups in total. The first-order chi connectivity index (χ1) is 13.0. The maximum atomic E-state index is 14.2. The first kappa shape index (κ1) is 17.2. The number of hydrogen-bond acceptors (Lipinski definition) is 5. The van der Waals surface area contributed by atoms with Crippen LogP contribution in [0.5, 0.6) is 0 Å². The smallest absolute Gasteiger partial charge is 0.254 e. The number of hydroxylamine groups is 1. The first-order valence-corrected chi connectivity index (χ1v) is 8.50. The lowest BCUT2D eigenvalue weighted by Crippen LogP contribution is -2.44. The molecule has 0 radical (unpaired) electrons. The summed E-state index contributed by atoms with van der Waals surface area (Å²) >= 11 is 0. The Bertz CT molecular complexity index is 1030. The lowest BCUT2D eigenvalue weighted by atomic mass is 9.75. The standard InChI is InChI=1S/C20H17FN4O2/c1-12-15(5-2-6-16(12)21)20(19(26)25-27)8-14-11-23-18(24-17(14)9-20)13-4-3-7-22-10-13/h2-7,10-11,27H,8-9H2,1H3,(H,25,26). The molecule has 6 nitrogen and oxygen atoms in total. The molecule has 3 aromatic rings. The van der Waals surface area contributed by atoms with Gasteiger partial charge in [-0.2, -0.15) is 0 Å². The fourth-order valence-electron chi connectivity index (χ4n) is 3.76. The SMILES string of the molecule is Cc1c(F)cccc1C1(C(=O)NO)Cc2cnc(-c3cccnc3)nc2C1. The molecule has 1 unspecified atom stereocenters. The number of pyridine rings is 1. The number of rotatable bonds is 3. The third-order valence-electron chi connectivity index (χ3n) is 5.15. The lowest BCUT2D eigenvalue weighted by Gasteiger charge is -2.28. The Balaban J connectivity index is 1.81. The Morgan fingerprint density at radius 1 is 1.22 bits per heavy atom. The number of carbonyl (C=O) groups excluding carboxylic acids is 1. The monoisotopic (exact) mass is 364 g/mol. The summed E-state index contributed by atoms with van der Waals surface area (Å²) in [6.07, 6.45) is 5.55. The fraction of sp³-hybridized carbons (Fsp3) is 0.200.